The van der Waals surface area contributed by atoms with Crippen LogP contribution in [0.3, 0.4) is 0 Å². The van der Waals surface area contributed by atoms with Crippen LogP contribution in [0.2, 0.25) is 0 Å². The van der Waals surface area contributed by atoms with Crippen LogP contribution in [0, 0.1) is 0 Å². The summed E-state index contributed by atoms with van der Waals surface area (Å²) in [5.41, 5.74) is 1.63. The Labute approximate surface area is 221 Å². The molecule has 0 spiro atoms. The van der Waals surface area contributed by atoms with Crippen molar-refractivity contribution in [3.63, 3.8) is 0 Å². The minimum absolute atomic E-state index is 0.165. The summed E-state index contributed by atoms with van der Waals surface area (Å²) in [5, 5.41) is 3.11. The number of rotatable bonds is 13. The molecule has 1 amide bonds. The minimum Gasteiger partial charge on any atom is -0.454 e. The average molecular weight is 543 g/mol. The first-order chi connectivity index (χ1) is 17.9. The van der Waals surface area contributed by atoms with E-state index in [1.807, 2.05) is 66.0 Å². The van der Waals surface area contributed by atoms with Crippen molar-refractivity contribution in [3.8, 4) is 11.5 Å². The SMILES string of the molecule is COCCCN(CC(=O)N(Cc1ccc2c(c1)OCO2)Cc1cccs1)S(=O)(=O)C=Cc1ccccc1. The van der Waals surface area contributed by atoms with Crippen molar-refractivity contribution in [2.24, 2.45) is 0 Å². The van der Waals surface area contributed by atoms with Gasteiger partial charge in [0.2, 0.25) is 22.7 Å². The molecule has 4 rings (SSSR count). The highest BCUT2D eigenvalue weighted by atomic mass is 32.2. The van der Waals surface area contributed by atoms with Crippen molar-refractivity contribution in [1.82, 2.24) is 9.21 Å². The summed E-state index contributed by atoms with van der Waals surface area (Å²) in [7, 11) is -2.29. The Morgan fingerprint density at radius 2 is 1.86 bits per heavy atom. The largest absolute Gasteiger partial charge is 0.454 e. The van der Waals surface area contributed by atoms with Gasteiger partial charge in [-0.3, -0.25) is 4.79 Å². The molecule has 0 saturated heterocycles. The summed E-state index contributed by atoms with van der Waals surface area (Å²) >= 11 is 1.55. The Kier molecular flexibility index (Phi) is 9.34. The number of hydrogen-bond donors (Lipinski definition) is 0. The fraction of sp³-hybridized carbons (Fsp3) is 0.296. The quantitative estimate of drug-likeness (QED) is 0.299. The minimum atomic E-state index is -3.86. The molecule has 1 aromatic heterocycles. The number of thiophene rings is 1. The molecule has 0 radical (unpaired) electrons. The number of amides is 1. The van der Waals surface area contributed by atoms with Crippen molar-refractivity contribution < 1.29 is 27.4 Å². The second-order valence-electron chi connectivity index (χ2n) is 8.46. The van der Waals surface area contributed by atoms with Gasteiger partial charge in [0.1, 0.15) is 0 Å². The van der Waals surface area contributed by atoms with Gasteiger partial charge in [0, 0.05) is 37.1 Å². The molecule has 8 nitrogen and oxygen atoms in total. The van der Waals surface area contributed by atoms with Crippen molar-refractivity contribution in [2.45, 2.75) is 19.5 Å². The number of carbonyl (C=O) groups is 1. The molecule has 0 N–H and O–H groups in total. The number of hydrogen-bond acceptors (Lipinski definition) is 7. The predicted molar refractivity (Wildman–Crippen MR) is 144 cm³/mol. The number of sulfonamides is 1. The zero-order valence-corrected chi connectivity index (χ0v) is 22.2. The van der Waals surface area contributed by atoms with Crippen LogP contribution in [0.15, 0.2) is 71.5 Å². The lowest BCUT2D eigenvalue weighted by Crippen LogP contribution is -2.42. The van der Waals surface area contributed by atoms with Gasteiger partial charge in [0.25, 0.3) is 0 Å². The Bertz CT molecular complexity index is 1290. The highest BCUT2D eigenvalue weighted by molar-refractivity contribution is 7.92. The third-order valence-electron chi connectivity index (χ3n) is 5.75. The maximum Gasteiger partial charge on any atom is 0.238 e. The molecule has 37 heavy (non-hydrogen) atoms. The molecule has 196 valence electrons. The Morgan fingerprint density at radius 1 is 1.05 bits per heavy atom. The number of nitrogens with zero attached hydrogens (tertiary/aromatic N) is 2. The van der Waals surface area contributed by atoms with Crippen LogP contribution in [-0.2, 0) is 32.6 Å². The maximum absolute atomic E-state index is 13.6. The van der Waals surface area contributed by atoms with Crippen molar-refractivity contribution in [3.05, 3.63) is 87.5 Å². The molecule has 0 atom stereocenters. The van der Waals surface area contributed by atoms with E-state index >= 15 is 0 Å². The zero-order chi connectivity index (χ0) is 26.1. The number of fused-ring (bicyclic) bond motifs is 1. The third kappa shape index (κ3) is 7.65. The molecular weight excluding hydrogens is 512 g/mol. The highest BCUT2D eigenvalue weighted by Gasteiger charge is 2.26. The van der Waals surface area contributed by atoms with Gasteiger partial charge in [-0.25, -0.2) is 8.42 Å². The summed E-state index contributed by atoms with van der Waals surface area (Å²) < 4.78 is 43.7. The third-order valence-corrected chi connectivity index (χ3v) is 8.12. The topological polar surface area (TPSA) is 85.4 Å². The van der Waals surface area contributed by atoms with Gasteiger partial charge in [-0.15, -0.1) is 11.3 Å². The van der Waals surface area contributed by atoms with Crippen molar-refractivity contribution in [1.29, 1.82) is 0 Å². The first kappa shape index (κ1) is 26.9. The van der Waals surface area contributed by atoms with Crippen LogP contribution in [0.4, 0.5) is 0 Å². The van der Waals surface area contributed by atoms with E-state index in [9.17, 15) is 13.2 Å². The summed E-state index contributed by atoms with van der Waals surface area (Å²) in [4.78, 5) is 16.3. The normalized spacial score (nSPS) is 12.9. The molecule has 2 aromatic carbocycles. The van der Waals surface area contributed by atoms with E-state index in [0.717, 1.165) is 21.4 Å². The van der Waals surface area contributed by atoms with Crippen LogP contribution in [0.5, 0.6) is 11.5 Å². The Balaban J connectivity index is 1.54. The number of methoxy groups -OCH3 is 1. The molecule has 1 aliphatic heterocycles. The van der Waals surface area contributed by atoms with Crippen LogP contribution >= 0.6 is 11.3 Å². The van der Waals surface area contributed by atoms with Gasteiger partial charge >= 0.3 is 0 Å². The van der Waals surface area contributed by atoms with Gasteiger partial charge in [-0.1, -0.05) is 42.5 Å². The predicted octanol–water partition coefficient (Wildman–Crippen LogP) is 4.34. The van der Waals surface area contributed by atoms with E-state index in [0.29, 0.717) is 37.6 Å². The second-order valence-corrected chi connectivity index (χ2v) is 11.3. The molecule has 1 aliphatic rings. The van der Waals surface area contributed by atoms with E-state index in [-0.39, 0.29) is 25.8 Å². The van der Waals surface area contributed by atoms with Crippen LogP contribution in [0.25, 0.3) is 6.08 Å². The summed E-state index contributed by atoms with van der Waals surface area (Å²) in [6.45, 7) is 1.12. The molecule has 0 aliphatic carbocycles. The van der Waals surface area contributed by atoms with Gasteiger partial charge < -0.3 is 19.1 Å². The van der Waals surface area contributed by atoms with Crippen LogP contribution < -0.4 is 9.47 Å². The molecular formula is C27H30N2O6S2. The first-order valence-corrected chi connectivity index (χ1v) is 14.2. The fourth-order valence-electron chi connectivity index (χ4n) is 3.83. The fourth-order valence-corrected chi connectivity index (χ4v) is 5.72. The molecule has 10 heteroatoms. The monoisotopic (exact) mass is 542 g/mol. The molecule has 0 saturated carbocycles. The van der Waals surface area contributed by atoms with E-state index in [1.54, 1.807) is 29.4 Å². The number of ether oxygens (including phenoxy) is 3. The van der Waals surface area contributed by atoms with Crippen molar-refractivity contribution in [2.75, 3.05) is 33.6 Å². The molecule has 0 unspecified atom stereocenters. The van der Waals surface area contributed by atoms with E-state index < -0.39 is 10.0 Å². The summed E-state index contributed by atoms with van der Waals surface area (Å²) in [6, 6.07) is 18.6. The standard InChI is InChI=1S/C27H30N2O6S2/c1-33-14-6-13-29(37(31,32)16-12-22-7-3-2-4-8-22)20-27(30)28(19-24-9-5-15-36-24)18-23-10-11-25-26(17-23)35-21-34-25/h2-5,7-12,15-17H,6,13-14,18-21H2,1H3. The lowest BCUT2D eigenvalue weighted by molar-refractivity contribution is -0.132. The van der Waals surface area contributed by atoms with Gasteiger partial charge in [-0.2, -0.15) is 4.31 Å². The zero-order valence-electron chi connectivity index (χ0n) is 20.6. The average Bonchev–Trinajstić information content (AvgIpc) is 3.59. The lowest BCUT2D eigenvalue weighted by Gasteiger charge is -2.26. The van der Waals surface area contributed by atoms with Crippen LogP contribution in [-0.4, -0.2) is 57.1 Å². The van der Waals surface area contributed by atoms with E-state index in [1.165, 1.54) is 4.31 Å². The Hall–Kier alpha value is -3.18. The summed E-state index contributed by atoms with van der Waals surface area (Å²) in [6.07, 6.45) is 2.01. The number of benzene rings is 2. The van der Waals surface area contributed by atoms with Gasteiger partial charge in [-0.05, 0) is 47.2 Å². The molecule has 2 heterocycles. The van der Waals surface area contributed by atoms with Gasteiger partial charge in [0.05, 0.1) is 13.1 Å². The van der Waals surface area contributed by atoms with Crippen LogP contribution in [0.1, 0.15) is 22.4 Å². The Morgan fingerprint density at radius 3 is 2.62 bits per heavy atom. The van der Waals surface area contributed by atoms with Gasteiger partial charge in [0.15, 0.2) is 11.5 Å². The second kappa shape index (κ2) is 12.9. The molecule has 0 fully saturated rings. The number of carbonyl (C=O) groups excluding carboxylic acids is 1. The lowest BCUT2D eigenvalue weighted by atomic mass is 10.2. The van der Waals surface area contributed by atoms with E-state index in [2.05, 4.69) is 0 Å². The first-order valence-electron chi connectivity index (χ1n) is 11.9. The molecule has 0 bridgehead atoms. The van der Waals surface area contributed by atoms with Crippen molar-refractivity contribution >= 4 is 33.3 Å². The smallest absolute Gasteiger partial charge is 0.238 e. The maximum atomic E-state index is 13.6. The van der Waals surface area contributed by atoms with E-state index in [4.69, 9.17) is 14.2 Å². The highest BCUT2D eigenvalue weighted by Crippen LogP contribution is 2.33. The summed E-state index contributed by atoms with van der Waals surface area (Å²) in [5.74, 6) is 1.01. The molecule has 3 aromatic rings.